The highest BCUT2D eigenvalue weighted by Gasteiger charge is 2.44. The van der Waals surface area contributed by atoms with Crippen LogP contribution < -0.4 is 0 Å². The van der Waals surface area contributed by atoms with Crippen molar-refractivity contribution in [2.24, 2.45) is 5.92 Å². The Labute approximate surface area is 259 Å². The molecule has 3 aliphatic heterocycles. The van der Waals surface area contributed by atoms with Crippen molar-refractivity contribution in [1.82, 2.24) is 34.6 Å². The molecule has 11 nitrogen and oxygen atoms in total. The standard InChI is InChI=1S/C34H32N8O3/c1-20-39-40-33(45-20)29-26(7-5-21-9-13-44-14-10-21)38-31-27-3-2-11-42(27)34(43)30(31)28(29)24-15-23-8-12-41(32(23)37-18-24)19-25-6-4-22(16-35)17-36-25/h4,6,8,12,15,17-18,21,27H,2-3,5,7,9-11,13-14,19H2,1H3. The van der Waals surface area contributed by atoms with E-state index in [1.165, 1.54) is 0 Å². The highest BCUT2D eigenvalue weighted by atomic mass is 16.5. The van der Waals surface area contributed by atoms with Crippen molar-refractivity contribution >= 4 is 16.9 Å². The van der Waals surface area contributed by atoms with Gasteiger partial charge in [-0.1, -0.05) is 0 Å². The molecule has 2 fully saturated rings. The van der Waals surface area contributed by atoms with Gasteiger partial charge in [0.15, 0.2) is 0 Å². The molecule has 0 N–H and O–H groups in total. The van der Waals surface area contributed by atoms with Gasteiger partial charge in [-0.05, 0) is 68.7 Å². The summed E-state index contributed by atoms with van der Waals surface area (Å²) in [6, 6.07) is 9.85. The molecule has 1 atom stereocenters. The minimum absolute atomic E-state index is 0.00743. The molecule has 1 unspecified atom stereocenters. The first kappa shape index (κ1) is 27.6. The van der Waals surface area contributed by atoms with Crippen LogP contribution in [0.2, 0.25) is 0 Å². The second-order valence-corrected chi connectivity index (χ2v) is 12.2. The zero-order valence-electron chi connectivity index (χ0n) is 25.1. The minimum atomic E-state index is -0.00996. The van der Waals surface area contributed by atoms with Gasteiger partial charge in [-0.25, -0.2) is 4.98 Å². The monoisotopic (exact) mass is 600 g/mol. The van der Waals surface area contributed by atoms with Gasteiger partial charge in [-0.15, -0.1) is 10.2 Å². The SMILES string of the molecule is Cc1nnc(-c2c(CCC3CCOCC3)nc3c(c2-c2cnc4c(ccn4Cc4ccc(C#N)cn4)c2)C(=O)N2CCCC32)o1. The molecule has 45 heavy (non-hydrogen) atoms. The Morgan fingerprint density at radius 2 is 1.93 bits per heavy atom. The number of ether oxygens (including phenoxy) is 1. The number of carbonyl (C=O) groups excluding carboxylic acids is 1. The molecule has 226 valence electrons. The molecule has 5 aromatic rings. The van der Waals surface area contributed by atoms with E-state index in [0.717, 1.165) is 103 Å². The second kappa shape index (κ2) is 11.2. The lowest BCUT2D eigenvalue weighted by atomic mass is 9.88. The van der Waals surface area contributed by atoms with Gasteiger partial charge in [0.1, 0.15) is 11.7 Å². The van der Waals surface area contributed by atoms with Crippen molar-refractivity contribution < 1.29 is 13.9 Å². The van der Waals surface area contributed by atoms with E-state index in [-0.39, 0.29) is 11.9 Å². The number of carbonyl (C=O) groups is 1. The molecular weight excluding hydrogens is 568 g/mol. The maximum absolute atomic E-state index is 14.0. The van der Waals surface area contributed by atoms with Gasteiger partial charge in [0, 0.05) is 61.8 Å². The second-order valence-electron chi connectivity index (χ2n) is 12.2. The number of hydrogen-bond donors (Lipinski definition) is 0. The topological polar surface area (TPSA) is 136 Å². The van der Waals surface area contributed by atoms with Crippen molar-refractivity contribution in [3.05, 3.63) is 77.0 Å². The Morgan fingerprint density at radius 3 is 2.71 bits per heavy atom. The van der Waals surface area contributed by atoms with E-state index >= 15 is 0 Å². The number of amides is 1. The Morgan fingerprint density at radius 1 is 1.04 bits per heavy atom. The molecule has 0 spiro atoms. The highest BCUT2D eigenvalue weighted by Crippen LogP contribution is 2.48. The van der Waals surface area contributed by atoms with Crippen LogP contribution in [0.4, 0.5) is 0 Å². The van der Waals surface area contributed by atoms with Crippen molar-refractivity contribution in [3.63, 3.8) is 0 Å². The molecule has 2 saturated heterocycles. The molecule has 0 aliphatic carbocycles. The first-order valence-corrected chi connectivity index (χ1v) is 15.6. The molecule has 0 bridgehead atoms. The Balaban J connectivity index is 1.26. The molecule has 0 aromatic carbocycles. The zero-order valence-corrected chi connectivity index (χ0v) is 25.1. The van der Waals surface area contributed by atoms with E-state index in [1.807, 2.05) is 34.0 Å². The van der Waals surface area contributed by atoms with Crippen LogP contribution in [-0.2, 0) is 17.7 Å². The number of nitrogens with zero attached hydrogens (tertiary/aromatic N) is 8. The molecule has 8 rings (SSSR count). The summed E-state index contributed by atoms with van der Waals surface area (Å²) in [6.07, 6.45) is 11.1. The number of nitriles is 1. The quantitative estimate of drug-likeness (QED) is 0.240. The van der Waals surface area contributed by atoms with E-state index in [2.05, 4.69) is 27.3 Å². The molecule has 8 heterocycles. The average molecular weight is 601 g/mol. The predicted octanol–water partition coefficient (Wildman–Crippen LogP) is 5.42. The molecule has 3 aliphatic rings. The van der Waals surface area contributed by atoms with Crippen LogP contribution in [0.15, 0.2) is 47.3 Å². The van der Waals surface area contributed by atoms with Crippen LogP contribution >= 0.6 is 0 Å². The van der Waals surface area contributed by atoms with Crippen molar-refractivity contribution in [3.8, 4) is 28.7 Å². The third-order valence-corrected chi connectivity index (χ3v) is 9.39. The van der Waals surface area contributed by atoms with Crippen LogP contribution in [0.1, 0.15) is 77.0 Å². The van der Waals surface area contributed by atoms with Gasteiger partial charge in [0.2, 0.25) is 11.8 Å². The van der Waals surface area contributed by atoms with Gasteiger partial charge in [-0.3, -0.25) is 14.8 Å². The maximum atomic E-state index is 14.0. The first-order valence-electron chi connectivity index (χ1n) is 15.6. The largest absolute Gasteiger partial charge is 0.421 e. The summed E-state index contributed by atoms with van der Waals surface area (Å²) >= 11 is 0. The number of aryl methyl sites for hydroxylation is 2. The van der Waals surface area contributed by atoms with E-state index in [4.69, 9.17) is 24.4 Å². The summed E-state index contributed by atoms with van der Waals surface area (Å²) in [4.78, 5) is 30.6. The zero-order chi connectivity index (χ0) is 30.5. The maximum Gasteiger partial charge on any atom is 0.257 e. The van der Waals surface area contributed by atoms with Crippen LogP contribution in [-0.4, -0.2) is 60.3 Å². The third kappa shape index (κ3) is 4.86. The number of hydrogen-bond acceptors (Lipinski definition) is 9. The lowest BCUT2D eigenvalue weighted by molar-refractivity contribution is 0.0639. The molecule has 5 aromatic heterocycles. The van der Waals surface area contributed by atoms with E-state index in [9.17, 15) is 4.79 Å². The van der Waals surface area contributed by atoms with Crippen molar-refractivity contribution in [2.45, 2.75) is 58.0 Å². The van der Waals surface area contributed by atoms with Crippen LogP contribution in [0.25, 0.3) is 33.6 Å². The lowest BCUT2D eigenvalue weighted by Gasteiger charge is -2.23. The Hall–Kier alpha value is -4.95. The molecular formula is C34H32N8O3. The minimum Gasteiger partial charge on any atom is -0.421 e. The third-order valence-electron chi connectivity index (χ3n) is 9.39. The molecule has 1 amide bonds. The van der Waals surface area contributed by atoms with Gasteiger partial charge in [-0.2, -0.15) is 5.26 Å². The Kier molecular flexibility index (Phi) is 6.87. The van der Waals surface area contributed by atoms with Crippen LogP contribution in [0.5, 0.6) is 0 Å². The summed E-state index contributed by atoms with van der Waals surface area (Å²) in [5.74, 6) is 1.40. The van der Waals surface area contributed by atoms with Crippen LogP contribution in [0, 0.1) is 24.2 Å². The summed E-state index contributed by atoms with van der Waals surface area (Å²) in [5.41, 5.74) is 6.88. The number of aromatic nitrogens is 6. The van der Waals surface area contributed by atoms with Gasteiger partial charge in [0.05, 0.1) is 46.4 Å². The van der Waals surface area contributed by atoms with Crippen molar-refractivity contribution in [1.29, 1.82) is 5.26 Å². The van der Waals surface area contributed by atoms with Gasteiger partial charge in [0.25, 0.3) is 5.91 Å². The number of fused-ring (bicyclic) bond motifs is 4. The lowest BCUT2D eigenvalue weighted by Crippen LogP contribution is -2.23. The fourth-order valence-electron chi connectivity index (χ4n) is 7.12. The van der Waals surface area contributed by atoms with Crippen LogP contribution in [0.3, 0.4) is 0 Å². The van der Waals surface area contributed by atoms with E-state index in [1.54, 1.807) is 19.2 Å². The van der Waals surface area contributed by atoms with E-state index in [0.29, 0.717) is 35.4 Å². The summed E-state index contributed by atoms with van der Waals surface area (Å²) in [7, 11) is 0. The fraction of sp³-hybridized carbons (Fsp3) is 0.382. The summed E-state index contributed by atoms with van der Waals surface area (Å²) in [6.45, 7) is 4.61. The number of pyridine rings is 3. The average Bonchev–Trinajstić information content (AvgIpc) is 3.87. The van der Waals surface area contributed by atoms with Gasteiger partial charge < -0.3 is 18.6 Å². The number of rotatable bonds is 7. The smallest absolute Gasteiger partial charge is 0.257 e. The van der Waals surface area contributed by atoms with E-state index < -0.39 is 0 Å². The summed E-state index contributed by atoms with van der Waals surface area (Å²) in [5, 5.41) is 18.7. The molecule has 0 radical (unpaired) electrons. The Bertz CT molecular complexity index is 1970. The predicted molar refractivity (Wildman–Crippen MR) is 164 cm³/mol. The van der Waals surface area contributed by atoms with Gasteiger partial charge >= 0.3 is 0 Å². The fourth-order valence-corrected chi connectivity index (χ4v) is 7.12. The normalized spacial score (nSPS) is 18.0. The summed E-state index contributed by atoms with van der Waals surface area (Å²) < 4.78 is 13.7. The first-order chi connectivity index (χ1) is 22.1. The molecule has 0 saturated carbocycles. The highest BCUT2D eigenvalue weighted by molar-refractivity contribution is 6.08. The van der Waals surface area contributed by atoms with Crippen molar-refractivity contribution in [2.75, 3.05) is 19.8 Å². The molecule has 11 heteroatoms.